The van der Waals surface area contributed by atoms with Gasteiger partial charge in [0.15, 0.2) is 0 Å². The predicted octanol–water partition coefficient (Wildman–Crippen LogP) is -1.80. The first-order valence-electron chi connectivity index (χ1n) is 3.26. The highest BCUT2D eigenvalue weighted by Crippen LogP contribution is 2.27. The van der Waals surface area contributed by atoms with Crippen molar-refractivity contribution in [3.63, 3.8) is 0 Å². The minimum Gasteiger partial charge on any atom is -0.479 e. The van der Waals surface area contributed by atoms with Crippen molar-refractivity contribution < 1.29 is 34.4 Å². The van der Waals surface area contributed by atoms with Crippen LogP contribution in [-0.2, 0) is 19.1 Å². The van der Waals surface area contributed by atoms with Crippen molar-refractivity contribution in [3.05, 3.63) is 0 Å². The van der Waals surface area contributed by atoms with Gasteiger partial charge in [-0.15, -0.1) is 0 Å². The summed E-state index contributed by atoms with van der Waals surface area (Å²) in [7, 11) is 0. The maximum Gasteiger partial charge on any atom is 0.348 e. The molecule has 1 fully saturated rings. The molecule has 1 aliphatic heterocycles. The first-order chi connectivity index (χ1) is 5.88. The van der Waals surface area contributed by atoms with Crippen molar-refractivity contribution >= 4 is 17.9 Å². The zero-order valence-electron chi connectivity index (χ0n) is 6.26. The highest BCUT2D eigenvalue weighted by Gasteiger charge is 2.58. The smallest absolute Gasteiger partial charge is 0.348 e. The number of carboxylic acids is 2. The van der Waals surface area contributed by atoms with Crippen LogP contribution in [0.2, 0.25) is 0 Å². The Balaban J connectivity index is 3.01. The molecule has 2 unspecified atom stereocenters. The van der Waals surface area contributed by atoms with E-state index in [1.165, 1.54) is 0 Å². The zero-order valence-corrected chi connectivity index (χ0v) is 6.26. The average Bonchev–Trinajstić information content (AvgIpc) is 2.27. The van der Waals surface area contributed by atoms with Gasteiger partial charge in [0.05, 0.1) is 6.42 Å². The fourth-order valence-electron chi connectivity index (χ4n) is 1.03. The largest absolute Gasteiger partial charge is 0.479 e. The quantitative estimate of drug-likeness (QED) is 0.439. The monoisotopic (exact) mass is 190 g/mol. The number of esters is 1. The second-order valence-electron chi connectivity index (χ2n) is 2.61. The first-order valence-corrected chi connectivity index (χ1v) is 3.26. The van der Waals surface area contributed by atoms with Gasteiger partial charge in [-0.25, -0.2) is 9.59 Å². The Morgan fingerprint density at radius 1 is 1.46 bits per heavy atom. The number of carboxylic acid groups (broad SMARTS) is 2. The molecule has 0 aromatic heterocycles. The lowest BCUT2D eigenvalue weighted by atomic mass is 9.96. The molecule has 7 nitrogen and oxygen atoms in total. The number of carbonyl (C=O) groups excluding carboxylic acids is 1. The lowest BCUT2D eigenvalue weighted by molar-refractivity contribution is -0.176. The van der Waals surface area contributed by atoms with Crippen molar-refractivity contribution in [2.24, 2.45) is 0 Å². The molecule has 1 aliphatic rings. The molecule has 1 heterocycles. The standard InChI is InChI=1S/C6H6O7/c7-2-1-6(12,5(10)11)3(13-2)4(8)9/h3,12H,1H2,(H,8,9)(H,10,11). The number of ether oxygens (including phenoxy) is 1. The predicted molar refractivity (Wildman–Crippen MR) is 34.7 cm³/mol. The van der Waals surface area contributed by atoms with Crippen LogP contribution >= 0.6 is 0 Å². The second-order valence-corrected chi connectivity index (χ2v) is 2.61. The number of aliphatic carboxylic acids is 2. The van der Waals surface area contributed by atoms with E-state index < -0.39 is 36.0 Å². The van der Waals surface area contributed by atoms with Gasteiger partial charge in [0.25, 0.3) is 0 Å². The minimum absolute atomic E-state index is 0.848. The molecule has 1 saturated heterocycles. The molecule has 0 aromatic carbocycles. The summed E-state index contributed by atoms with van der Waals surface area (Å²) in [6.07, 6.45) is -2.88. The fraction of sp³-hybridized carbons (Fsp3) is 0.500. The molecule has 1 rings (SSSR count). The van der Waals surface area contributed by atoms with Crippen molar-refractivity contribution in [3.8, 4) is 0 Å². The van der Waals surface area contributed by atoms with Gasteiger partial charge in [0.1, 0.15) is 0 Å². The normalized spacial score (nSPS) is 32.7. The number of hydrogen-bond donors (Lipinski definition) is 3. The number of aliphatic hydroxyl groups is 1. The molecule has 2 atom stereocenters. The van der Waals surface area contributed by atoms with Crippen LogP contribution in [0.4, 0.5) is 0 Å². The van der Waals surface area contributed by atoms with Crippen molar-refractivity contribution in [1.29, 1.82) is 0 Å². The SMILES string of the molecule is O=C1CC(O)(C(=O)O)C(C(=O)O)O1. The van der Waals surface area contributed by atoms with Crippen LogP contribution in [0, 0.1) is 0 Å². The molecule has 3 N–H and O–H groups in total. The van der Waals surface area contributed by atoms with E-state index in [2.05, 4.69) is 4.74 Å². The van der Waals surface area contributed by atoms with Gasteiger partial charge in [0.2, 0.25) is 11.7 Å². The third-order valence-corrected chi connectivity index (χ3v) is 1.69. The molecule has 13 heavy (non-hydrogen) atoms. The van der Waals surface area contributed by atoms with Gasteiger partial charge < -0.3 is 20.1 Å². The van der Waals surface area contributed by atoms with E-state index in [-0.39, 0.29) is 0 Å². The molecule has 72 valence electrons. The van der Waals surface area contributed by atoms with E-state index in [0.717, 1.165) is 0 Å². The van der Waals surface area contributed by atoms with E-state index in [1.807, 2.05) is 0 Å². The van der Waals surface area contributed by atoms with E-state index >= 15 is 0 Å². The summed E-state index contributed by atoms with van der Waals surface area (Å²) in [4.78, 5) is 31.4. The molecule has 0 aromatic rings. The molecule has 0 amide bonds. The Kier molecular flexibility index (Phi) is 1.96. The molecule has 7 heteroatoms. The van der Waals surface area contributed by atoms with E-state index in [1.54, 1.807) is 0 Å². The third kappa shape index (κ3) is 1.33. The number of cyclic esters (lactones) is 1. The molecular weight excluding hydrogens is 184 g/mol. The van der Waals surface area contributed by atoms with Crippen molar-refractivity contribution in [2.45, 2.75) is 18.1 Å². The molecule has 0 spiro atoms. The summed E-state index contributed by atoms with van der Waals surface area (Å²) in [6, 6.07) is 0. The number of rotatable bonds is 2. The molecule has 0 bridgehead atoms. The Hall–Kier alpha value is -1.63. The van der Waals surface area contributed by atoms with Gasteiger partial charge in [-0.1, -0.05) is 0 Å². The maximum absolute atomic E-state index is 10.6. The van der Waals surface area contributed by atoms with Crippen LogP contribution in [0.1, 0.15) is 6.42 Å². The average molecular weight is 190 g/mol. The molecule has 0 saturated carbocycles. The van der Waals surface area contributed by atoms with Gasteiger partial charge in [-0.05, 0) is 0 Å². The third-order valence-electron chi connectivity index (χ3n) is 1.69. The highest BCUT2D eigenvalue weighted by atomic mass is 16.6. The van der Waals surface area contributed by atoms with Gasteiger partial charge in [0, 0.05) is 0 Å². The minimum atomic E-state index is -2.65. The van der Waals surface area contributed by atoms with Crippen molar-refractivity contribution in [1.82, 2.24) is 0 Å². The first kappa shape index (κ1) is 9.46. The lowest BCUT2D eigenvalue weighted by Crippen LogP contribution is -2.49. The second kappa shape index (κ2) is 2.70. The number of hydrogen-bond acceptors (Lipinski definition) is 5. The summed E-state index contributed by atoms with van der Waals surface area (Å²) in [6.45, 7) is 0. The summed E-state index contributed by atoms with van der Waals surface area (Å²) in [5, 5.41) is 26.1. The van der Waals surface area contributed by atoms with Crippen LogP contribution in [0.15, 0.2) is 0 Å². The van der Waals surface area contributed by atoms with Crippen LogP contribution in [0.25, 0.3) is 0 Å². The highest BCUT2D eigenvalue weighted by molar-refractivity contribution is 5.95. The summed E-state index contributed by atoms with van der Waals surface area (Å²) in [5.74, 6) is -4.51. The van der Waals surface area contributed by atoms with E-state index in [4.69, 9.17) is 10.2 Å². The summed E-state index contributed by atoms with van der Waals surface area (Å²) < 4.78 is 4.13. The topological polar surface area (TPSA) is 121 Å². The lowest BCUT2D eigenvalue weighted by Gasteiger charge is -2.18. The molecular formula is C6H6O7. The van der Waals surface area contributed by atoms with Gasteiger partial charge >= 0.3 is 17.9 Å². The van der Waals surface area contributed by atoms with Crippen LogP contribution in [-0.4, -0.2) is 44.9 Å². The molecule has 0 aliphatic carbocycles. The van der Waals surface area contributed by atoms with Crippen LogP contribution in [0.5, 0.6) is 0 Å². The fourth-order valence-corrected chi connectivity index (χ4v) is 1.03. The van der Waals surface area contributed by atoms with Gasteiger partial charge in [-0.2, -0.15) is 0 Å². The van der Waals surface area contributed by atoms with Crippen molar-refractivity contribution in [2.75, 3.05) is 0 Å². The summed E-state index contributed by atoms with van der Waals surface area (Å²) in [5.41, 5.74) is -2.65. The van der Waals surface area contributed by atoms with E-state index in [0.29, 0.717) is 0 Å². The molecule has 0 radical (unpaired) electrons. The Bertz CT molecular complexity index is 283. The Labute approximate surface area is 71.5 Å². The summed E-state index contributed by atoms with van der Waals surface area (Å²) >= 11 is 0. The Morgan fingerprint density at radius 2 is 2.00 bits per heavy atom. The Morgan fingerprint density at radius 3 is 2.31 bits per heavy atom. The maximum atomic E-state index is 10.6. The van der Waals surface area contributed by atoms with Crippen LogP contribution < -0.4 is 0 Å². The number of carbonyl (C=O) groups is 3. The zero-order chi connectivity index (χ0) is 10.2. The van der Waals surface area contributed by atoms with Gasteiger partial charge in [-0.3, -0.25) is 4.79 Å². The van der Waals surface area contributed by atoms with Crippen LogP contribution in [0.3, 0.4) is 0 Å². The van der Waals surface area contributed by atoms with E-state index in [9.17, 15) is 19.5 Å².